The van der Waals surface area contributed by atoms with Crippen LogP contribution in [0, 0.1) is 0 Å². The summed E-state index contributed by atoms with van der Waals surface area (Å²) in [6.45, 7) is 3.43. The van der Waals surface area contributed by atoms with Crippen LogP contribution in [0.3, 0.4) is 0 Å². The minimum Gasteiger partial charge on any atom is -0.465 e. The first-order valence-corrected chi connectivity index (χ1v) is 4.63. The lowest BCUT2D eigenvalue weighted by Gasteiger charge is -2.23. The second kappa shape index (κ2) is 4.69. The molecule has 0 saturated carbocycles. The number of allylic oxidation sites excluding steroid dienone is 1. The fourth-order valence-electron chi connectivity index (χ4n) is 1.39. The predicted molar refractivity (Wildman–Crippen MR) is 54.5 cm³/mol. The van der Waals surface area contributed by atoms with Crippen LogP contribution in [0.5, 0.6) is 0 Å². The number of carbonyl (C=O) groups is 2. The van der Waals surface area contributed by atoms with E-state index in [4.69, 9.17) is 5.11 Å². The van der Waals surface area contributed by atoms with Gasteiger partial charge in [-0.3, -0.25) is 0 Å². The van der Waals surface area contributed by atoms with Gasteiger partial charge in [-0.1, -0.05) is 0 Å². The molecule has 0 bridgehead atoms. The highest BCUT2D eigenvalue weighted by molar-refractivity contribution is 5.92. The van der Waals surface area contributed by atoms with Gasteiger partial charge in [0.2, 0.25) is 0 Å². The molecule has 1 unspecified atom stereocenters. The Labute approximate surface area is 92.5 Å². The van der Waals surface area contributed by atoms with Crippen LogP contribution in [0.15, 0.2) is 23.1 Å². The first kappa shape index (κ1) is 12.1. The van der Waals surface area contributed by atoms with Gasteiger partial charge in [0.15, 0.2) is 0 Å². The summed E-state index contributed by atoms with van der Waals surface area (Å²) in [4.78, 5) is 21.8. The van der Waals surface area contributed by atoms with Crippen LogP contribution >= 0.6 is 0 Å². The molecule has 0 saturated heterocycles. The monoisotopic (exact) mass is 227 g/mol. The zero-order valence-corrected chi connectivity index (χ0v) is 9.23. The molecular weight excluding hydrogens is 214 g/mol. The molecule has 0 fully saturated rings. The number of carbonyl (C=O) groups excluding carboxylic acids is 1. The van der Waals surface area contributed by atoms with E-state index >= 15 is 0 Å². The highest BCUT2D eigenvalue weighted by Gasteiger charge is 2.24. The zero-order chi connectivity index (χ0) is 12.3. The number of carboxylic acid groups (broad SMARTS) is 1. The van der Waals surface area contributed by atoms with E-state index in [-0.39, 0.29) is 17.4 Å². The molecule has 2 N–H and O–H groups in total. The summed E-state index contributed by atoms with van der Waals surface area (Å²) in [5, 5.41) is 11.4. The molecule has 6 nitrogen and oxygen atoms in total. The maximum atomic E-state index is 11.3. The lowest BCUT2D eigenvalue weighted by molar-refractivity contribution is -0.135. The van der Waals surface area contributed by atoms with Gasteiger partial charge in [-0.2, -0.15) is 0 Å². The summed E-state index contributed by atoms with van der Waals surface area (Å²) in [6, 6.07) is -0.301. The van der Waals surface area contributed by atoms with Crippen molar-refractivity contribution in [3.8, 4) is 0 Å². The summed E-state index contributed by atoms with van der Waals surface area (Å²) in [5.41, 5.74) is 0.883. The van der Waals surface area contributed by atoms with Gasteiger partial charge in [-0.05, 0) is 19.9 Å². The number of methoxy groups -OCH3 is 1. The van der Waals surface area contributed by atoms with Crippen molar-refractivity contribution in [3.63, 3.8) is 0 Å². The van der Waals surface area contributed by atoms with Gasteiger partial charge in [-0.15, -0.1) is 0 Å². The summed E-state index contributed by atoms with van der Waals surface area (Å²) in [6.07, 6.45) is -0.0418. The molecule has 1 atom stereocenters. The van der Waals surface area contributed by atoms with Crippen molar-refractivity contribution < 1.29 is 24.2 Å². The van der Waals surface area contributed by atoms with Crippen molar-refractivity contribution in [1.82, 2.24) is 5.32 Å². The molecule has 0 amide bonds. The predicted octanol–water partition coefficient (Wildman–Crippen LogP) is 1.00. The van der Waals surface area contributed by atoms with E-state index in [9.17, 15) is 9.59 Å². The van der Waals surface area contributed by atoms with Crippen LogP contribution in [0.2, 0.25) is 0 Å². The maximum Gasteiger partial charge on any atom is 0.511 e. The average Bonchev–Trinajstić information content (AvgIpc) is 2.20. The Morgan fingerprint density at radius 3 is 2.62 bits per heavy atom. The zero-order valence-electron chi connectivity index (χ0n) is 9.23. The third kappa shape index (κ3) is 2.53. The van der Waals surface area contributed by atoms with E-state index in [1.807, 2.05) is 0 Å². The van der Waals surface area contributed by atoms with E-state index in [1.54, 1.807) is 13.8 Å². The number of ether oxygens (including phenoxy) is 2. The largest absolute Gasteiger partial charge is 0.511 e. The highest BCUT2D eigenvalue weighted by Crippen LogP contribution is 2.19. The normalized spacial score (nSPS) is 19.7. The van der Waals surface area contributed by atoms with Crippen molar-refractivity contribution in [2.24, 2.45) is 0 Å². The molecule has 6 heteroatoms. The molecule has 16 heavy (non-hydrogen) atoms. The van der Waals surface area contributed by atoms with Gasteiger partial charge in [-0.25, -0.2) is 9.59 Å². The van der Waals surface area contributed by atoms with E-state index in [0.29, 0.717) is 5.70 Å². The fraction of sp³-hybridized carbons (Fsp3) is 0.400. The number of esters is 1. The average molecular weight is 227 g/mol. The highest BCUT2D eigenvalue weighted by atomic mass is 16.7. The molecule has 0 spiro atoms. The number of nitrogens with one attached hydrogen (secondary N) is 1. The van der Waals surface area contributed by atoms with Crippen molar-refractivity contribution in [1.29, 1.82) is 0 Å². The Hall–Kier alpha value is -1.98. The smallest absolute Gasteiger partial charge is 0.465 e. The Bertz CT molecular complexity index is 383. The summed E-state index contributed by atoms with van der Waals surface area (Å²) in [5.74, 6) is -0.373. The summed E-state index contributed by atoms with van der Waals surface area (Å²) in [7, 11) is 1.26. The summed E-state index contributed by atoms with van der Waals surface area (Å²) >= 11 is 0. The molecule has 1 heterocycles. The number of hydrogen-bond donors (Lipinski definition) is 2. The minimum absolute atomic E-state index is 0.165. The fourth-order valence-corrected chi connectivity index (χ4v) is 1.39. The first-order chi connectivity index (χ1) is 7.45. The maximum absolute atomic E-state index is 11.3. The third-order valence-electron chi connectivity index (χ3n) is 2.16. The lowest BCUT2D eigenvalue weighted by atomic mass is 10.1. The number of hydrogen-bond acceptors (Lipinski definition) is 5. The SMILES string of the molecule is COC(=O)C1=C(C)NC(C)C(OC(=O)O)=C1. The van der Waals surface area contributed by atoms with Crippen LogP contribution in [-0.2, 0) is 14.3 Å². The van der Waals surface area contributed by atoms with E-state index in [1.165, 1.54) is 13.2 Å². The molecule has 1 aliphatic heterocycles. The van der Waals surface area contributed by atoms with Gasteiger partial charge in [0.05, 0.1) is 18.7 Å². The van der Waals surface area contributed by atoms with Gasteiger partial charge in [0, 0.05) is 5.70 Å². The Morgan fingerprint density at radius 1 is 1.50 bits per heavy atom. The van der Waals surface area contributed by atoms with Crippen LogP contribution in [-0.4, -0.2) is 30.4 Å². The molecule has 0 aromatic heterocycles. The molecule has 0 radical (unpaired) electrons. The number of dihydropyridines is 1. The second-order valence-electron chi connectivity index (χ2n) is 3.31. The van der Waals surface area contributed by atoms with Gasteiger partial charge < -0.3 is 19.9 Å². The van der Waals surface area contributed by atoms with Crippen molar-refractivity contribution in [2.75, 3.05) is 7.11 Å². The molecular formula is C10H13NO5. The van der Waals surface area contributed by atoms with E-state index < -0.39 is 12.1 Å². The van der Waals surface area contributed by atoms with E-state index in [0.717, 1.165) is 0 Å². The second-order valence-corrected chi connectivity index (χ2v) is 3.31. The van der Waals surface area contributed by atoms with Gasteiger partial charge in [0.1, 0.15) is 5.76 Å². The van der Waals surface area contributed by atoms with Gasteiger partial charge in [0.25, 0.3) is 0 Å². The molecule has 0 aliphatic carbocycles. The quantitative estimate of drug-likeness (QED) is 0.684. The molecule has 88 valence electrons. The van der Waals surface area contributed by atoms with Crippen molar-refractivity contribution >= 4 is 12.1 Å². The van der Waals surface area contributed by atoms with Crippen LogP contribution in [0.1, 0.15) is 13.8 Å². The van der Waals surface area contributed by atoms with Crippen molar-refractivity contribution in [3.05, 3.63) is 23.1 Å². The van der Waals surface area contributed by atoms with Crippen LogP contribution in [0.4, 0.5) is 4.79 Å². The third-order valence-corrected chi connectivity index (χ3v) is 2.16. The van der Waals surface area contributed by atoms with E-state index in [2.05, 4.69) is 14.8 Å². The Kier molecular flexibility index (Phi) is 3.55. The molecule has 0 aromatic carbocycles. The Morgan fingerprint density at radius 2 is 2.12 bits per heavy atom. The minimum atomic E-state index is -1.41. The number of rotatable bonds is 2. The molecule has 1 aliphatic rings. The molecule has 1 rings (SSSR count). The molecule has 0 aromatic rings. The van der Waals surface area contributed by atoms with Crippen LogP contribution < -0.4 is 5.32 Å². The topological polar surface area (TPSA) is 84.9 Å². The standard InChI is InChI=1S/C10H13NO5/c1-5-7(9(12)15-3)4-8(6(2)11-5)16-10(13)14/h4,6,11H,1-3H3,(H,13,14). The van der Waals surface area contributed by atoms with Crippen molar-refractivity contribution in [2.45, 2.75) is 19.9 Å². The Balaban J connectivity index is 3.00. The summed E-state index contributed by atoms with van der Waals surface area (Å²) < 4.78 is 9.11. The lowest BCUT2D eigenvalue weighted by Crippen LogP contribution is -2.33. The first-order valence-electron chi connectivity index (χ1n) is 4.63. The van der Waals surface area contributed by atoms with Crippen LogP contribution in [0.25, 0.3) is 0 Å². The van der Waals surface area contributed by atoms with Gasteiger partial charge >= 0.3 is 12.1 Å².